The Morgan fingerprint density at radius 1 is 1.29 bits per heavy atom. The number of halogens is 1. The fourth-order valence-corrected chi connectivity index (χ4v) is 3.21. The Morgan fingerprint density at radius 3 is 2.88 bits per heavy atom. The first-order valence-corrected chi connectivity index (χ1v) is 9.20. The molecule has 1 aliphatic heterocycles. The van der Waals surface area contributed by atoms with Gasteiger partial charge in [-0.25, -0.2) is 4.98 Å². The van der Waals surface area contributed by atoms with Crippen LogP contribution in [-0.2, 0) is 11.3 Å². The van der Waals surface area contributed by atoms with Gasteiger partial charge in [-0.3, -0.25) is 4.79 Å². The van der Waals surface area contributed by atoms with Crippen LogP contribution >= 0.6 is 22.6 Å². The van der Waals surface area contributed by atoms with E-state index in [1.807, 2.05) is 30.5 Å². The molecule has 24 heavy (non-hydrogen) atoms. The molecule has 0 atom stereocenters. The molecule has 1 aliphatic rings. The number of aromatic nitrogens is 1. The summed E-state index contributed by atoms with van der Waals surface area (Å²) in [6, 6.07) is 7.63. The van der Waals surface area contributed by atoms with Crippen LogP contribution in [-0.4, -0.2) is 24.0 Å². The zero-order valence-corrected chi connectivity index (χ0v) is 15.5. The van der Waals surface area contributed by atoms with Gasteiger partial charge < -0.3 is 14.6 Å². The molecular weight excluding hydrogens is 417 g/mol. The van der Waals surface area contributed by atoms with Crippen molar-refractivity contribution in [2.45, 2.75) is 25.8 Å². The zero-order chi connectivity index (χ0) is 16.8. The number of hydrogen-bond donors (Lipinski definition) is 1. The van der Waals surface area contributed by atoms with Crippen LogP contribution in [0.4, 0.5) is 5.82 Å². The number of hydrogen-bond acceptors (Lipinski definition) is 4. The van der Waals surface area contributed by atoms with Crippen LogP contribution in [0.3, 0.4) is 0 Å². The highest BCUT2D eigenvalue weighted by molar-refractivity contribution is 14.1. The molecular formula is C18H20IN3O2. The van der Waals surface area contributed by atoms with Gasteiger partial charge in [0.1, 0.15) is 11.6 Å². The molecule has 0 saturated carbocycles. The number of amides is 1. The summed E-state index contributed by atoms with van der Waals surface area (Å²) in [4.78, 5) is 18.8. The number of carbonyl (C=O) groups excluding carboxylic acids is 1. The largest absolute Gasteiger partial charge is 0.451 e. The average Bonchev–Trinajstić information content (AvgIpc) is 3.04. The van der Waals surface area contributed by atoms with Crippen LogP contribution in [0.2, 0.25) is 0 Å². The number of piperidine rings is 1. The van der Waals surface area contributed by atoms with E-state index in [1.54, 1.807) is 6.08 Å². The topological polar surface area (TPSA) is 58.4 Å². The lowest BCUT2D eigenvalue weighted by Crippen LogP contribution is -2.32. The summed E-state index contributed by atoms with van der Waals surface area (Å²) in [5, 5.41) is 2.92. The van der Waals surface area contributed by atoms with Gasteiger partial charge in [-0.1, -0.05) is 6.07 Å². The first-order valence-electron chi connectivity index (χ1n) is 8.12. The molecule has 0 aromatic carbocycles. The summed E-state index contributed by atoms with van der Waals surface area (Å²) in [7, 11) is 0. The second kappa shape index (κ2) is 8.32. The summed E-state index contributed by atoms with van der Waals surface area (Å²) < 4.78 is 6.20. The third-order valence-corrected chi connectivity index (χ3v) is 4.55. The molecule has 6 heteroatoms. The number of nitrogens with zero attached hydrogens (tertiary/aromatic N) is 2. The zero-order valence-electron chi connectivity index (χ0n) is 13.4. The monoisotopic (exact) mass is 437 g/mol. The first-order chi connectivity index (χ1) is 11.7. The van der Waals surface area contributed by atoms with Crippen LogP contribution in [0.5, 0.6) is 0 Å². The fourth-order valence-electron chi connectivity index (χ4n) is 2.78. The fraction of sp³-hybridized carbons (Fsp3) is 0.333. The maximum atomic E-state index is 12.0. The van der Waals surface area contributed by atoms with Crippen molar-refractivity contribution >= 4 is 40.4 Å². The van der Waals surface area contributed by atoms with Crippen molar-refractivity contribution in [1.29, 1.82) is 0 Å². The number of carbonyl (C=O) groups is 1. The summed E-state index contributed by atoms with van der Waals surface area (Å²) >= 11 is 2.09. The van der Waals surface area contributed by atoms with Gasteiger partial charge in [0, 0.05) is 37.5 Å². The maximum absolute atomic E-state index is 12.0. The van der Waals surface area contributed by atoms with E-state index in [0.717, 1.165) is 28.2 Å². The normalized spacial score (nSPS) is 15.0. The quantitative estimate of drug-likeness (QED) is 0.574. The predicted octanol–water partition coefficient (Wildman–Crippen LogP) is 3.60. The number of nitrogens with one attached hydrogen (secondary N) is 1. The Hall–Kier alpha value is -1.83. The maximum Gasteiger partial charge on any atom is 0.244 e. The molecule has 1 N–H and O–H groups in total. The lowest BCUT2D eigenvalue weighted by molar-refractivity contribution is -0.116. The van der Waals surface area contributed by atoms with E-state index in [1.165, 1.54) is 25.3 Å². The summed E-state index contributed by atoms with van der Waals surface area (Å²) in [5.74, 6) is 1.52. The van der Waals surface area contributed by atoms with E-state index in [0.29, 0.717) is 12.3 Å². The van der Waals surface area contributed by atoms with Crippen LogP contribution < -0.4 is 10.2 Å². The molecule has 0 radical (unpaired) electrons. The van der Waals surface area contributed by atoms with Crippen molar-refractivity contribution in [2.75, 3.05) is 18.0 Å². The van der Waals surface area contributed by atoms with Gasteiger partial charge in [0.25, 0.3) is 0 Å². The Morgan fingerprint density at radius 2 is 2.12 bits per heavy atom. The Bertz CT molecular complexity index is 721. The van der Waals surface area contributed by atoms with E-state index >= 15 is 0 Å². The Labute approximate surface area is 155 Å². The van der Waals surface area contributed by atoms with Crippen molar-refractivity contribution in [1.82, 2.24) is 10.3 Å². The smallest absolute Gasteiger partial charge is 0.244 e. The predicted molar refractivity (Wildman–Crippen MR) is 103 cm³/mol. The first kappa shape index (κ1) is 17.0. The van der Waals surface area contributed by atoms with Gasteiger partial charge in [-0.05, 0) is 66.1 Å². The van der Waals surface area contributed by atoms with Crippen LogP contribution in [0, 0.1) is 3.77 Å². The average molecular weight is 437 g/mol. The molecule has 1 saturated heterocycles. The lowest BCUT2D eigenvalue weighted by atomic mass is 10.1. The van der Waals surface area contributed by atoms with Crippen molar-refractivity contribution in [2.24, 2.45) is 0 Å². The minimum Gasteiger partial charge on any atom is -0.451 e. The molecule has 0 unspecified atom stereocenters. The van der Waals surface area contributed by atoms with Crippen molar-refractivity contribution in [3.8, 4) is 0 Å². The Kier molecular flexibility index (Phi) is 5.90. The summed E-state index contributed by atoms with van der Waals surface area (Å²) in [6.45, 7) is 2.54. The minimum atomic E-state index is -0.144. The van der Waals surface area contributed by atoms with Gasteiger partial charge in [-0.2, -0.15) is 0 Å². The van der Waals surface area contributed by atoms with Crippen LogP contribution in [0.15, 0.2) is 41.0 Å². The van der Waals surface area contributed by atoms with Gasteiger partial charge >= 0.3 is 0 Å². The lowest BCUT2D eigenvalue weighted by Gasteiger charge is -2.29. The molecule has 2 aromatic heterocycles. The van der Waals surface area contributed by atoms with E-state index < -0.39 is 0 Å². The van der Waals surface area contributed by atoms with Gasteiger partial charge in [0.05, 0.1) is 0 Å². The number of rotatable bonds is 5. The molecule has 126 valence electrons. The van der Waals surface area contributed by atoms with E-state index in [2.05, 4.69) is 37.8 Å². The molecule has 0 aliphatic carbocycles. The third-order valence-electron chi connectivity index (χ3n) is 3.97. The second-order valence-electron chi connectivity index (χ2n) is 5.73. The van der Waals surface area contributed by atoms with Gasteiger partial charge in [0.15, 0.2) is 3.77 Å². The number of furan rings is 1. The summed E-state index contributed by atoms with van der Waals surface area (Å²) in [5.41, 5.74) is 1.05. The van der Waals surface area contributed by atoms with Crippen LogP contribution in [0.25, 0.3) is 6.08 Å². The molecule has 1 amide bonds. The molecule has 0 bridgehead atoms. The van der Waals surface area contributed by atoms with E-state index in [9.17, 15) is 4.79 Å². The number of anilines is 1. The standard InChI is InChI=1S/C18H20IN3O2/c19-16-8-6-15(24-16)7-9-17(23)21-13-14-5-4-10-20-18(14)22-11-2-1-3-12-22/h4-10H,1-3,11-13H2,(H,21,23)/b9-7+. The van der Waals surface area contributed by atoms with Crippen molar-refractivity contribution < 1.29 is 9.21 Å². The SMILES string of the molecule is O=C(/C=C/c1ccc(I)o1)NCc1cccnc1N1CCCCC1. The summed E-state index contributed by atoms with van der Waals surface area (Å²) in [6.07, 6.45) is 8.66. The molecule has 5 nitrogen and oxygen atoms in total. The molecule has 1 fully saturated rings. The van der Waals surface area contributed by atoms with E-state index in [-0.39, 0.29) is 5.91 Å². The highest BCUT2D eigenvalue weighted by atomic mass is 127. The molecule has 2 aromatic rings. The Balaban J connectivity index is 1.60. The third kappa shape index (κ3) is 4.59. The molecule has 0 spiro atoms. The molecule has 3 heterocycles. The van der Waals surface area contributed by atoms with Gasteiger partial charge in [0.2, 0.25) is 5.91 Å². The number of pyridine rings is 1. The van der Waals surface area contributed by atoms with Crippen molar-refractivity contribution in [3.05, 3.63) is 51.6 Å². The van der Waals surface area contributed by atoms with Crippen molar-refractivity contribution in [3.63, 3.8) is 0 Å². The minimum absolute atomic E-state index is 0.144. The highest BCUT2D eigenvalue weighted by Crippen LogP contribution is 2.21. The van der Waals surface area contributed by atoms with E-state index in [4.69, 9.17) is 4.42 Å². The van der Waals surface area contributed by atoms with Gasteiger partial charge in [-0.15, -0.1) is 0 Å². The molecule has 3 rings (SSSR count). The second-order valence-corrected chi connectivity index (χ2v) is 6.79. The van der Waals surface area contributed by atoms with Crippen LogP contribution in [0.1, 0.15) is 30.6 Å². The highest BCUT2D eigenvalue weighted by Gasteiger charge is 2.15.